The molecular formula is C16H31BN2O5. The second-order valence-corrected chi connectivity index (χ2v) is 7.20. The lowest BCUT2D eigenvalue weighted by Crippen LogP contribution is -2.63. The Morgan fingerprint density at radius 1 is 1.38 bits per heavy atom. The molecule has 5 N–H and O–H groups in total. The maximum absolute atomic E-state index is 12.7. The highest BCUT2D eigenvalue weighted by Gasteiger charge is 2.44. The van der Waals surface area contributed by atoms with Crippen LogP contribution in [0, 0.1) is 11.8 Å². The molecule has 0 saturated carbocycles. The van der Waals surface area contributed by atoms with Crippen molar-refractivity contribution in [2.45, 2.75) is 64.2 Å². The van der Waals surface area contributed by atoms with Gasteiger partial charge in [-0.1, -0.05) is 39.5 Å². The first kappa shape index (κ1) is 20.9. The molecule has 3 atom stereocenters. The molecule has 24 heavy (non-hydrogen) atoms. The largest absolute Gasteiger partial charge is 0.480 e. The van der Waals surface area contributed by atoms with Crippen molar-refractivity contribution in [3.63, 3.8) is 0 Å². The number of carbonyl (C=O) groups excluding carboxylic acids is 1. The van der Waals surface area contributed by atoms with Crippen LogP contribution in [0.1, 0.15) is 52.4 Å². The van der Waals surface area contributed by atoms with Crippen LogP contribution in [-0.4, -0.2) is 57.7 Å². The predicted octanol–water partition coefficient (Wildman–Crippen LogP) is 0.696. The number of nitrogens with zero attached hydrogens (tertiary/aromatic N) is 1. The van der Waals surface area contributed by atoms with Crippen LogP contribution < -0.4 is 5.73 Å². The van der Waals surface area contributed by atoms with E-state index in [-0.39, 0.29) is 37.0 Å². The van der Waals surface area contributed by atoms with Crippen molar-refractivity contribution in [1.82, 2.24) is 4.90 Å². The molecule has 0 bridgehead atoms. The van der Waals surface area contributed by atoms with Crippen LogP contribution in [0.15, 0.2) is 0 Å². The van der Waals surface area contributed by atoms with Gasteiger partial charge in [0.05, 0.1) is 0 Å². The van der Waals surface area contributed by atoms with Crippen molar-refractivity contribution in [3.8, 4) is 0 Å². The number of hydrogen-bond donors (Lipinski definition) is 4. The van der Waals surface area contributed by atoms with Gasteiger partial charge in [0, 0.05) is 19.0 Å². The Kier molecular flexibility index (Phi) is 8.19. The Labute approximate surface area is 144 Å². The van der Waals surface area contributed by atoms with Crippen molar-refractivity contribution < 1.29 is 24.7 Å². The minimum atomic E-state index is -1.47. The molecule has 1 amide bonds. The molecule has 1 aliphatic heterocycles. The smallest absolute Gasteiger partial charge is 0.451 e. The van der Waals surface area contributed by atoms with Crippen molar-refractivity contribution in [1.29, 1.82) is 0 Å². The maximum Gasteiger partial charge on any atom is 0.451 e. The van der Waals surface area contributed by atoms with Gasteiger partial charge in [-0.3, -0.25) is 9.59 Å². The molecule has 0 aromatic carbocycles. The number of carboxylic acid groups (broad SMARTS) is 1. The maximum atomic E-state index is 12.7. The molecule has 1 aliphatic rings. The number of rotatable bonds is 9. The summed E-state index contributed by atoms with van der Waals surface area (Å²) < 4.78 is 0. The van der Waals surface area contributed by atoms with E-state index in [0.717, 1.165) is 25.7 Å². The van der Waals surface area contributed by atoms with Crippen LogP contribution >= 0.6 is 0 Å². The molecule has 138 valence electrons. The summed E-state index contributed by atoms with van der Waals surface area (Å²) in [5.74, 6) is -1.48. The number of amides is 1. The van der Waals surface area contributed by atoms with Gasteiger partial charge in [0.2, 0.25) is 5.91 Å². The summed E-state index contributed by atoms with van der Waals surface area (Å²) in [6.45, 7) is 4.42. The molecular weight excluding hydrogens is 311 g/mol. The Morgan fingerprint density at radius 3 is 2.58 bits per heavy atom. The van der Waals surface area contributed by atoms with E-state index >= 15 is 0 Å². The molecule has 0 radical (unpaired) electrons. The van der Waals surface area contributed by atoms with Crippen molar-refractivity contribution in [2.24, 2.45) is 17.6 Å². The average molecular weight is 342 g/mol. The number of piperidine rings is 1. The van der Waals surface area contributed by atoms with Gasteiger partial charge in [0.1, 0.15) is 5.54 Å². The van der Waals surface area contributed by atoms with E-state index < -0.39 is 18.6 Å². The Morgan fingerprint density at radius 2 is 2.04 bits per heavy atom. The summed E-state index contributed by atoms with van der Waals surface area (Å²) in [6.07, 6.45) is 4.74. The van der Waals surface area contributed by atoms with Gasteiger partial charge >= 0.3 is 13.1 Å². The number of likely N-dealkylation sites (tertiary alicyclic amines) is 1. The van der Waals surface area contributed by atoms with E-state index in [4.69, 9.17) is 15.8 Å². The summed E-state index contributed by atoms with van der Waals surface area (Å²) in [5, 5.41) is 27.5. The normalized spacial score (nSPS) is 25.4. The van der Waals surface area contributed by atoms with Crippen LogP contribution in [0.25, 0.3) is 0 Å². The molecule has 0 aromatic rings. The van der Waals surface area contributed by atoms with Crippen LogP contribution in [0.2, 0.25) is 6.32 Å². The van der Waals surface area contributed by atoms with Gasteiger partial charge in [-0.2, -0.15) is 0 Å². The average Bonchev–Trinajstić information content (AvgIpc) is 2.51. The zero-order chi connectivity index (χ0) is 18.3. The minimum absolute atomic E-state index is 0.0114. The SMILES string of the molecule is CCCCC[C@H](C)C(=O)N1C[C@@H](CCB(O)O)C[C@](N)(C(=O)O)C1. The highest BCUT2D eigenvalue weighted by molar-refractivity contribution is 6.40. The lowest BCUT2D eigenvalue weighted by Gasteiger charge is -2.42. The highest BCUT2D eigenvalue weighted by atomic mass is 16.4. The molecule has 0 aromatic heterocycles. The van der Waals surface area contributed by atoms with Gasteiger partial charge in [0.15, 0.2) is 0 Å². The second kappa shape index (κ2) is 9.39. The predicted molar refractivity (Wildman–Crippen MR) is 92.2 cm³/mol. The number of nitrogens with two attached hydrogens (primary N) is 1. The molecule has 1 fully saturated rings. The second-order valence-electron chi connectivity index (χ2n) is 7.20. The molecule has 1 saturated heterocycles. The summed E-state index contributed by atoms with van der Waals surface area (Å²) in [5.41, 5.74) is 4.56. The fraction of sp³-hybridized carbons (Fsp3) is 0.875. The molecule has 0 spiro atoms. The molecule has 7 nitrogen and oxygen atoms in total. The van der Waals surface area contributed by atoms with Gasteiger partial charge in [0.25, 0.3) is 0 Å². The lowest BCUT2D eigenvalue weighted by atomic mass is 9.75. The number of carboxylic acids is 1. The van der Waals surface area contributed by atoms with E-state index in [0.29, 0.717) is 13.0 Å². The number of aliphatic carboxylic acids is 1. The molecule has 0 aliphatic carbocycles. The van der Waals surface area contributed by atoms with Crippen LogP contribution in [0.5, 0.6) is 0 Å². The standard InChI is InChI=1S/C16H31BN2O5/c1-3-4-5-6-12(2)14(20)19-10-13(7-8-17(23)24)9-16(18,11-19)15(21)22/h12-13,23-24H,3-11,18H2,1-2H3,(H,21,22)/t12-,13-,16+/m0/s1. The third kappa shape index (κ3) is 6.07. The third-order valence-corrected chi connectivity index (χ3v) is 4.84. The van der Waals surface area contributed by atoms with Crippen molar-refractivity contribution in [2.75, 3.05) is 13.1 Å². The summed E-state index contributed by atoms with van der Waals surface area (Å²) in [7, 11) is -1.43. The number of unbranched alkanes of at least 4 members (excludes halogenated alkanes) is 2. The minimum Gasteiger partial charge on any atom is -0.480 e. The molecule has 1 rings (SSSR count). The van der Waals surface area contributed by atoms with Crippen LogP contribution in [-0.2, 0) is 9.59 Å². The Balaban J connectivity index is 2.76. The number of carbonyl (C=O) groups is 2. The third-order valence-electron chi connectivity index (χ3n) is 4.84. The van der Waals surface area contributed by atoms with E-state index in [1.807, 2.05) is 6.92 Å². The first-order valence-electron chi connectivity index (χ1n) is 8.86. The molecule has 1 heterocycles. The van der Waals surface area contributed by atoms with E-state index in [1.54, 1.807) is 4.90 Å². The van der Waals surface area contributed by atoms with E-state index in [2.05, 4.69) is 6.92 Å². The summed E-state index contributed by atoms with van der Waals surface area (Å²) >= 11 is 0. The van der Waals surface area contributed by atoms with E-state index in [1.165, 1.54) is 0 Å². The van der Waals surface area contributed by atoms with Gasteiger partial charge in [-0.15, -0.1) is 0 Å². The fourth-order valence-electron chi connectivity index (χ4n) is 3.40. The Bertz CT molecular complexity index is 435. The van der Waals surface area contributed by atoms with Crippen molar-refractivity contribution >= 4 is 19.0 Å². The first-order chi connectivity index (χ1) is 11.2. The van der Waals surface area contributed by atoms with Gasteiger partial charge in [-0.25, -0.2) is 0 Å². The zero-order valence-electron chi connectivity index (χ0n) is 14.8. The van der Waals surface area contributed by atoms with Gasteiger partial charge < -0.3 is 25.8 Å². The van der Waals surface area contributed by atoms with Crippen LogP contribution in [0.3, 0.4) is 0 Å². The zero-order valence-corrected chi connectivity index (χ0v) is 14.8. The monoisotopic (exact) mass is 342 g/mol. The lowest BCUT2D eigenvalue weighted by molar-refractivity contribution is -0.150. The number of hydrogen-bond acceptors (Lipinski definition) is 5. The highest BCUT2D eigenvalue weighted by Crippen LogP contribution is 2.29. The molecule has 0 unspecified atom stereocenters. The Hall–Kier alpha value is -1.12. The van der Waals surface area contributed by atoms with Gasteiger partial charge in [-0.05, 0) is 25.1 Å². The summed E-state index contributed by atoms with van der Waals surface area (Å²) in [4.78, 5) is 25.8. The van der Waals surface area contributed by atoms with E-state index in [9.17, 15) is 14.7 Å². The first-order valence-corrected chi connectivity index (χ1v) is 8.86. The molecule has 8 heteroatoms. The fourth-order valence-corrected chi connectivity index (χ4v) is 3.40. The summed E-state index contributed by atoms with van der Waals surface area (Å²) in [6, 6.07) is 0. The quantitative estimate of drug-likeness (QED) is 0.361. The van der Waals surface area contributed by atoms with Crippen LogP contribution in [0.4, 0.5) is 0 Å². The van der Waals surface area contributed by atoms with Crippen molar-refractivity contribution in [3.05, 3.63) is 0 Å². The topological polar surface area (TPSA) is 124 Å².